The highest BCUT2D eigenvalue weighted by Gasteiger charge is 2.23. The number of nitrogens with zero attached hydrogens (tertiary/aromatic N) is 2. The Hall–Kier alpha value is -3.45. The molecule has 4 rings (SSSR count). The lowest BCUT2D eigenvalue weighted by Crippen LogP contribution is -2.19. The summed E-state index contributed by atoms with van der Waals surface area (Å²) < 4.78 is 28.2. The Bertz CT molecular complexity index is 1370. The second-order valence-corrected chi connectivity index (χ2v) is 9.50. The summed E-state index contributed by atoms with van der Waals surface area (Å²) in [7, 11) is -3.61. The van der Waals surface area contributed by atoms with E-state index >= 15 is 0 Å². The van der Waals surface area contributed by atoms with Gasteiger partial charge in [0.25, 0.3) is 0 Å². The number of sulfone groups is 1. The molecule has 0 unspecified atom stereocenters. The Labute approximate surface area is 181 Å². The first-order valence-electron chi connectivity index (χ1n) is 9.92. The number of carbonyl (C=O) groups excluding carboxylic acids is 1. The van der Waals surface area contributed by atoms with E-state index in [9.17, 15) is 13.2 Å². The van der Waals surface area contributed by atoms with Gasteiger partial charge in [0.2, 0.25) is 5.91 Å². The molecule has 158 valence electrons. The van der Waals surface area contributed by atoms with Gasteiger partial charge in [-0.1, -0.05) is 48.5 Å². The number of pyridine rings is 1. The zero-order valence-electron chi connectivity index (χ0n) is 17.4. The van der Waals surface area contributed by atoms with Crippen LogP contribution in [0.15, 0.2) is 78.0 Å². The van der Waals surface area contributed by atoms with Gasteiger partial charge in [-0.05, 0) is 42.7 Å². The summed E-state index contributed by atoms with van der Waals surface area (Å²) in [5, 5.41) is 3.41. The number of fused-ring (bicyclic) bond motifs is 1. The van der Waals surface area contributed by atoms with Crippen molar-refractivity contribution in [2.24, 2.45) is 0 Å². The van der Waals surface area contributed by atoms with Crippen LogP contribution in [0.4, 0.5) is 5.82 Å². The Kier molecular flexibility index (Phi) is 5.61. The molecule has 0 spiro atoms. The van der Waals surface area contributed by atoms with E-state index in [1.807, 2.05) is 56.3 Å². The lowest BCUT2D eigenvalue weighted by Gasteiger charge is -2.08. The highest BCUT2D eigenvalue weighted by atomic mass is 32.2. The van der Waals surface area contributed by atoms with Gasteiger partial charge in [0, 0.05) is 23.3 Å². The van der Waals surface area contributed by atoms with Crippen molar-refractivity contribution in [3.63, 3.8) is 0 Å². The number of nitrogens with one attached hydrogen (secondary N) is 1. The molecule has 0 atom stereocenters. The Balaban J connectivity index is 1.67. The predicted molar refractivity (Wildman–Crippen MR) is 122 cm³/mol. The summed E-state index contributed by atoms with van der Waals surface area (Å²) in [5.41, 5.74) is 3.25. The van der Waals surface area contributed by atoms with Crippen LogP contribution in [0.2, 0.25) is 0 Å². The molecule has 2 aromatic heterocycles. The average Bonchev–Trinajstić information content (AvgIpc) is 3.11. The maximum Gasteiger partial charge on any atom is 0.245 e. The van der Waals surface area contributed by atoms with E-state index in [1.54, 1.807) is 35.2 Å². The van der Waals surface area contributed by atoms with Gasteiger partial charge in [-0.3, -0.25) is 4.79 Å². The summed E-state index contributed by atoms with van der Waals surface area (Å²) in [6.07, 6.45) is 3.17. The zero-order chi connectivity index (χ0) is 22.0. The molecule has 31 heavy (non-hydrogen) atoms. The van der Waals surface area contributed by atoms with E-state index in [4.69, 9.17) is 0 Å². The summed E-state index contributed by atoms with van der Waals surface area (Å²) in [6, 6.07) is 18.4. The van der Waals surface area contributed by atoms with Crippen molar-refractivity contribution in [2.45, 2.75) is 31.0 Å². The van der Waals surface area contributed by atoms with Crippen LogP contribution in [-0.4, -0.2) is 23.9 Å². The molecule has 0 aliphatic carbocycles. The molecular weight excluding hydrogens is 410 g/mol. The molecule has 4 aromatic rings. The van der Waals surface area contributed by atoms with Crippen LogP contribution in [0.3, 0.4) is 0 Å². The summed E-state index contributed by atoms with van der Waals surface area (Å²) >= 11 is 0. The molecule has 0 bridgehead atoms. The van der Waals surface area contributed by atoms with E-state index in [0.29, 0.717) is 16.7 Å². The molecule has 2 heterocycles. The van der Waals surface area contributed by atoms with Crippen LogP contribution in [-0.2, 0) is 26.9 Å². The molecule has 1 N–H and O–H groups in total. The van der Waals surface area contributed by atoms with E-state index in [2.05, 4.69) is 10.3 Å². The van der Waals surface area contributed by atoms with Gasteiger partial charge < -0.3 is 9.88 Å². The molecule has 1 amide bonds. The molecule has 7 heteroatoms. The number of aromatic nitrogens is 2. The minimum absolute atomic E-state index is 0.0174. The molecule has 0 fully saturated rings. The number of amides is 1. The van der Waals surface area contributed by atoms with E-state index in [1.165, 1.54) is 0 Å². The van der Waals surface area contributed by atoms with Crippen molar-refractivity contribution in [3.05, 3.63) is 89.7 Å². The second kappa shape index (κ2) is 8.35. The van der Waals surface area contributed by atoms with Crippen LogP contribution in [0.5, 0.6) is 0 Å². The topological polar surface area (TPSA) is 81.1 Å². The highest BCUT2D eigenvalue weighted by Crippen LogP contribution is 2.28. The number of hydrogen-bond acceptors (Lipinski definition) is 4. The van der Waals surface area contributed by atoms with Crippen molar-refractivity contribution in [2.75, 3.05) is 5.32 Å². The quantitative estimate of drug-likeness (QED) is 0.492. The maximum absolute atomic E-state index is 13.3. The summed E-state index contributed by atoms with van der Waals surface area (Å²) in [5.74, 6) is 0.134. The van der Waals surface area contributed by atoms with E-state index in [-0.39, 0.29) is 23.1 Å². The SMILES string of the molecule is Cc1ccccc1CS(=O)(=O)c1cn(CC(=O)Nc2ncccc2C)c2ccccc12. The van der Waals surface area contributed by atoms with Gasteiger partial charge in [-0.25, -0.2) is 13.4 Å². The number of rotatable bonds is 6. The first kappa shape index (κ1) is 20.8. The molecule has 0 aliphatic rings. The lowest BCUT2D eigenvalue weighted by molar-refractivity contribution is -0.116. The molecule has 0 aliphatic heterocycles. The Morgan fingerprint density at radius 1 is 0.968 bits per heavy atom. The smallest absolute Gasteiger partial charge is 0.245 e. The van der Waals surface area contributed by atoms with Crippen LogP contribution in [0.25, 0.3) is 10.9 Å². The van der Waals surface area contributed by atoms with Crippen molar-refractivity contribution < 1.29 is 13.2 Å². The zero-order valence-corrected chi connectivity index (χ0v) is 18.2. The van der Waals surface area contributed by atoms with Crippen molar-refractivity contribution >= 4 is 32.5 Å². The Morgan fingerprint density at radius 3 is 2.45 bits per heavy atom. The van der Waals surface area contributed by atoms with Gasteiger partial charge in [-0.15, -0.1) is 0 Å². The van der Waals surface area contributed by atoms with Crippen LogP contribution in [0.1, 0.15) is 16.7 Å². The number of carbonyl (C=O) groups is 1. The monoisotopic (exact) mass is 433 g/mol. The standard InChI is InChI=1S/C24H23N3O3S/c1-17-8-3-4-10-19(17)16-31(29,30)22-14-27(21-12-6-5-11-20(21)22)15-23(28)26-24-18(2)9-7-13-25-24/h3-14H,15-16H2,1-2H3,(H,25,26,28). The van der Waals surface area contributed by atoms with Gasteiger partial charge in [0.05, 0.1) is 10.6 Å². The molecule has 6 nitrogen and oxygen atoms in total. The number of benzene rings is 2. The Morgan fingerprint density at radius 2 is 1.68 bits per heavy atom. The minimum Gasteiger partial charge on any atom is -0.337 e. The fourth-order valence-corrected chi connectivity index (χ4v) is 5.27. The number of hydrogen-bond donors (Lipinski definition) is 1. The first-order valence-corrected chi connectivity index (χ1v) is 11.6. The second-order valence-electron chi connectivity index (χ2n) is 7.54. The number of para-hydroxylation sites is 1. The molecular formula is C24H23N3O3S. The van der Waals surface area contributed by atoms with Crippen molar-refractivity contribution in [3.8, 4) is 0 Å². The fourth-order valence-electron chi connectivity index (χ4n) is 3.59. The number of aryl methyl sites for hydroxylation is 2. The van der Waals surface area contributed by atoms with E-state index < -0.39 is 9.84 Å². The van der Waals surface area contributed by atoms with Crippen LogP contribution >= 0.6 is 0 Å². The third-order valence-electron chi connectivity index (χ3n) is 5.28. The van der Waals surface area contributed by atoms with Crippen molar-refractivity contribution in [1.29, 1.82) is 0 Å². The highest BCUT2D eigenvalue weighted by molar-refractivity contribution is 7.90. The number of anilines is 1. The summed E-state index contributed by atoms with van der Waals surface area (Å²) in [6.45, 7) is 3.75. The fraction of sp³-hybridized carbons (Fsp3) is 0.167. The van der Waals surface area contributed by atoms with Crippen molar-refractivity contribution in [1.82, 2.24) is 9.55 Å². The summed E-state index contributed by atoms with van der Waals surface area (Å²) in [4.78, 5) is 17.1. The lowest BCUT2D eigenvalue weighted by atomic mass is 10.1. The van der Waals surface area contributed by atoms with Crippen LogP contribution < -0.4 is 5.32 Å². The first-order chi connectivity index (χ1) is 14.8. The van der Waals surface area contributed by atoms with Gasteiger partial charge in [0.15, 0.2) is 9.84 Å². The normalized spacial score (nSPS) is 11.5. The third-order valence-corrected chi connectivity index (χ3v) is 6.96. The largest absolute Gasteiger partial charge is 0.337 e. The van der Waals surface area contributed by atoms with Crippen LogP contribution in [0, 0.1) is 13.8 Å². The third kappa shape index (κ3) is 4.36. The van der Waals surface area contributed by atoms with Gasteiger partial charge >= 0.3 is 0 Å². The predicted octanol–water partition coefficient (Wildman–Crippen LogP) is 4.27. The van der Waals surface area contributed by atoms with E-state index in [0.717, 1.165) is 16.7 Å². The molecule has 0 saturated heterocycles. The average molecular weight is 434 g/mol. The minimum atomic E-state index is -3.61. The van der Waals surface area contributed by atoms with Gasteiger partial charge in [0.1, 0.15) is 12.4 Å². The molecule has 0 radical (unpaired) electrons. The van der Waals surface area contributed by atoms with Gasteiger partial charge in [-0.2, -0.15) is 0 Å². The molecule has 0 saturated carbocycles. The maximum atomic E-state index is 13.3. The molecule has 2 aromatic carbocycles.